The summed E-state index contributed by atoms with van der Waals surface area (Å²) < 4.78 is 60.1. The Morgan fingerprint density at radius 1 is 0.765 bits per heavy atom. The van der Waals surface area contributed by atoms with Gasteiger partial charge in [0.25, 0.3) is 0 Å². The van der Waals surface area contributed by atoms with Gasteiger partial charge in [-0.3, -0.25) is 4.79 Å². The zero-order valence-electron chi connectivity index (χ0n) is 30.4. The highest BCUT2D eigenvalue weighted by atomic mass is 16.8. The molecule has 10 fully saturated rings. The lowest BCUT2D eigenvalue weighted by Crippen LogP contribution is -2.61. The molecule has 0 amide bonds. The normalized spacial score (nSPS) is 52.5. The lowest BCUT2D eigenvalue weighted by Gasteiger charge is -2.47. The number of fused-ring (bicyclic) bond motifs is 6. The molecule has 0 unspecified atom stereocenters. The van der Waals surface area contributed by atoms with Crippen molar-refractivity contribution < 1.29 is 52.5 Å². The van der Waals surface area contributed by atoms with Crippen molar-refractivity contribution in [2.45, 2.75) is 194 Å². The Morgan fingerprint density at radius 3 is 2.37 bits per heavy atom. The molecule has 0 radical (unpaired) electrons. The number of methoxy groups -OCH3 is 1. The number of aliphatic hydroxyl groups is 1. The molecule has 0 aromatic rings. The van der Waals surface area contributed by atoms with Gasteiger partial charge >= 0.3 is 0 Å². The summed E-state index contributed by atoms with van der Waals surface area (Å²) in [6.45, 7) is 11.2. The van der Waals surface area contributed by atoms with Crippen LogP contribution in [0, 0.1) is 11.8 Å². The number of ketones is 1. The number of carbonyl (C=O) groups is 1. The molecule has 10 rings (SSSR count). The fourth-order valence-electron chi connectivity index (χ4n) is 11.3. The second kappa shape index (κ2) is 14.1. The van der Waals surface area contributed by atoms with Gasteiger partial charge in [-0.05, 0) is 74.9 Å². The summed E-state index contributed by atoms with van der Waals surface area (Å²) in [4.78, 5) is 14.0. The number of carbonyl (C=O) groups excluding carboxylic acids is 1. The largest absolute Gasteiger partial charge is 0.396 e. The Morgan fingerprint density at radius 2 is 1.53 bits per heavy atom. The summed E-state index contributed by atoms with van der Waals surface area (Å²) in [7, 11) is 1.70. The van der Waals surface area contributed by atoms with Crippen molar-refractivity contribution in [2.75, 3.05) is 13.7 Å². The molecule has 1 spiro atoms. The van der Waals surface area contributed by atoms with Crippen LogP contribution >= 0.6 is 0 Å². The number of hydrogen-bond acceptors (Lipinski definition) is 11. The summed E-state index contributed by atoms with van der Waals surface area (Å²) in [5, 5.41) is 9.64. The Hall–Kier alpha value is -1.25. The lowest BCUT2D eigenvalue weighted by molar-refractivity contribution is -0.292. The highest BCUT2D eigenvalue weighted by Crippen LogP contribution is 2.54. The van der Waals surface area contributed by atoms with Crippen LogP contribution in [0.1, 0.15) is 96.8 Å². The highest BCUT2D eigenvalue weighted by Gasteiger charge is 2.68. The van der Waals surface area contributed by atoms with Gasteiger partial charge in [-0.15, -0.1) is 0 Å². The molecule has 18 atom stereocenters. The standard InChI is InChI=1S/C40H58O11/c1-20-14-24-7-9-28-21(2)15-26(44-28)11-12-40-19-33-36(50-40)37-38(49-33)39(51-40)35-30(48-37)10-8-25(46-35)16-23(42)17-27-32(18-31(45-24)22(20)3)47-29(6-5-13-41)34(27)43-4/h20,24-39,41H,2-3,5-19H2,1,4H3/t20-,24+,25-,26+,27+,28+,29-,30+,31-,32+,33-,34-,35+,36+,37+,38-,39+,40+/m1/s1. The van der Waals surface area contributed by atoms with Crippen LogP contribution in [0.25, 0.3) is 0 Å². The third-order valence-electron chi connectivity index (χ3n) is 13.8. The van der Waals surface area contributed by atoms with Crippen LogP contribution in [-0.2, 0) is 47.4 Å². The van der Waals surface area contributed by atoms with Gasteiger partial charge in [-0.1, -0.05) is 20.1 Å². The van der Waals surface area contributed by atoms with Crippen LogP contribution in [0.4, 0.5) is 0 Å². The highest BCUT2D eigenvalue weighted by molar-refractivity contribution is 5.79. The van der Waals surface area contributed by atoms with E-state index in [9.17, 15) is 9.90 Å². The molecule has 10 saturated heterocycles. The maximum Gasteiger partial charge on any atom is 0.172 e. The number of aliphatic hydroxyl groups excluding tert-OH is 1. The van der Waals surface area contributed by atoms with Crippen LogP contribution in [0.2, 0.25) is 0 Å². The molecule has 1 N–H and O–H groups in total. The van der Waals surface area contributed by atoms with E-state index in [0.29, 0.717) is 50.9 Å². The zero-order valence-corrected chi connectivity index (χ0v) is 30.4. The summed E-state index contributed by atoms with van der Waals surface area (Å²) in [6.07, 6.45) is 7.44. The molecular formula is C40H58O11. The zero-order chi connectivity index (χ0) is 35.0. The number of ether oxygens (including phenoxy) is 9. The van der Waals surface area contributed by atoms with Crippen molar-refractivity contribution in [3.63, 3.8) is 0 Å². The number of hydrogen-bond donors (Lipinski definition) is 1. The molecule has 0 saturated carbocycles. The fraction of sp³-hybridized carbons (Fsp3) is 0.875. The second-order valence-corrected chi connectivity index (χ2v) is 17.2. The summed E-state index contributed by atoms with van der Waals surface area (Å²) in [6, 6.07) is 0. The molecule has 51 heavy (non-hydrogen) atoms. The number of rotatable bonds is 4. The van der Waals surface area contributed by atoms with Gasteiger partial charge in [0, 0.05) is 51.7 Å². The first kappa shape index (κ1) is 35.5. The molecule has 10 aliphatic heterocycles. The Balaban J connectivity index is 0.991. The van der Waals surface area contributed by atoms with Gasteiger partial charge in [-0.25, -0.2) is 0 Å². The molecule has 0 aliphatic carbocycles. The van der Waals surface area contributed by atoms with E-state index in [4.69, 9.17) is 42.6 Å². The monoisotopic (exact) mass is 714 g/mol. The molecule has 284 valence electrons. The van der Waals surface area contributed by atoms with Crippen LogP contribution in [0.3, 0.4) is 0 Å². The Labute approximate surface area is 302 Å². The third kappa shape index (κ3) is 6.53. The quantitative estimate of drug-likeness (QED) is 0.415. The summed E-state index contributed by atoms with van der Waals surface area (Å²) in [5.41, 5.74) is 2.24. The molecule has 11 nitrogen and oxygen atoms in total. The van der Waals surface area contributed by atoms with Crippen molar-refractivity contribution >= 4 is 5.78 Å². The van der Waals surface area contributed by atoms with E-state index < -0.39 is 5.79 Å². The first-order valence-corrected chi connectivity index (χ1v) is 20.0. The van der Waals surface area contributed by atoms with E-state index in [2.05, 4.69) is 20.1 Å². The van der Waals surface area contributed by atoms with Crippen LogP contribution in [0.5, 0.6) is 0 Å². The third-order valence-corrected chi connectivity index (χ3v) is 13.8. The molecule has 10 heterocycles. The first-order chi connectivity index (χ1) is 24.7. The van der Waals surface area contributed by atoms with Crippen molar-refractivity contribution in [3.05, 3.63) is 24.3 Å². The van der Waals surface area contributed by atoms with Gasteiger partial charge < -0.3 is 47.7 Å². The SMILES string of the molecule is C=C1C[C@@H]2CC[C@@]34C[C@H]5O[C@H]6[C@@H](O3)[C@H]3O[C@H](CC[C@@H]3O[C@H]6[C@H]5O4)CC(=O)C[C@@H]3[C@@H](OC)[C@@H](CCCO)O[C@H]3C[C@H]3O[C@@H](CC[C@@H]1O2)C[C@@H](C)C3=C. The summed E-state index contributed by atoms with van der Waals surface area (Å²) in [5.74, 6) is -0.457. The minimum Gasteiger partial charge on any atom is -0.396 e. The van der Waals surface area contributed by atoms with E-state index in [1.807, 2.05) is 0 Å². The first-order valence-electron chi connectivity index (χ1n) is 20.0. The van der Waals surface area contributed by atoms with Crippen molar-refractivity contribution in [2.24, 2.45) is 11.8 Å². The smallest absolute Gasteiger partial charge is 0.172 e. The van der Waals surface area contributed by atoms with Gasteiger partial charge in [0.05, 0.1) is 61.0 Å². The Kier molecular flexibility index (Phi) is 9.81. The van der Waals surface area contributed by atoms with Gasteiger partial charge in [0.15, 0.2) is 5.79 Å². The molecular weight excluding hydrogens is 656 g/mol. The second-order valence-electron chi connectivity index (χ2n) is 17.2. The van der Waals surface area contributed by atoms with E-state index in [-0.39, 0.29) is 110 Å². The predicted octanol–water partition coefficient (Wildman–Crippen LogP) is 4.50. The van der Waals surface area contributed by atoms with Crippen LogP contribution < -0.4 is 0 Å². The maximum atomic E-state index is 14.0. The topological polar surface area (TPSA) is 120 Å². The fourth-order valence-corrected chi connectivity index (χ4v) is 11.3. The average Bonchev–Trinajstić information content (AvgIpc) is 3.79. The minimum atomic E-state index is -0.768. The lowest BCUT2D eigenvalue weighted by atomic mass is 9.81. The van der Waals surface area contributed by atoms with E-state index in [1.54, 1.807) is 7.11 Å². The molecule has 12 bridgehead atoms. The van der Waals surface area contributed by atoms with Crippen LogP contribution in [0.15, 0.2) is 24.3 Å². The Bertz CT molecular complexity index is 1340. The number of Topliss-reactive ketones (excluding diaryl/α,β-unsaturated/α-hetero) is 1. The molecule has 0 aromatic carbocycles. The molecule has 0 aromatic heterocycles. The average molecular weight is 715 g/mol. The molecule has 11 heteroatoms. The van der Waals surface area contributed by atoms with Gasteiger partial charge in [-0.2, -0.15) is 0 Å². The van der Waals surface area contributed by atoms with Crippen molar-refractivity contribution in [1.29, 1.82) is 0 Å². The van der Waals surface area contributed by atoms with E-state index in [0.717, 1.165) is 56.1 Å². The van der Waals surface area contributed by atoms with Crippen molar-refractivity contribution in [1.82, 2.24) is 0 Å². The van der Waals surface area contributed by atoms with Gasteiger partial charge in [0.1, 0.15) is 36.3 Å². The summed E-state index contributed by atoms with van der Waals surface area (Å²) >= 11 is 0. The van der Waals surface area contributed by atoms with E-state index in [1.165, 1.54) is 0 Å². The minimum absolute atomic E-state index is 0.000491. The molecule has 10 aliphatic rings. The van der Waals surface area contributed by atoms with E-state index >= 15 is 0 Å². The van der Waals surface area contributed by atoms with Gasteiger partial charge in [0.2, 0.25) is 0 Å². The predicted molar refractivity (Wildman–Crippen MR) is 183 cm³/mol. The van der Waals surface area contributed by atoms with Crippen molar-refractivity contribution in [3.8, 4) is 0 Å². The van der Waals surface area contributed by atoms with Crippen LogP contribution in [-0.4, -0.2) is 122 Å². The maximum absolute atomic E-state index is 14.0.